The summed E-state index contributed by atoms with van der Waals surface area (Å²) in [5, 5.41) is 1.01. The molecule has 1 saturated heterocycles. The smallest absolute Gasteiger partial charge is 0.445 e. The molecule has 0 unspecified atom stereocenters. The number of nitrogens with zero attached hydrogens (tertiary/aromatic N) is 2. The van der Waals surface area contributed by atoms with E-state index in [4.69, 9.17) is 18.7 Å². The average molecular weight is 440 g/mol. The minimum absolute atomic E-state index is 0.564. The first-order chi connectivity index (χ1) is 16.8. The van der Waals surface area contributed by atoms with E-state index < -0.39 is 21.4 Å². The maximum atomic E-state index is 6.29. The Morgan fingerprint density at radius 1 is 0.529 bits per heavy atom. The van der Waals surface area contributed by atoms with Crippen molar-refractivity contribution in [1.82, 2.24) is 9.97 Å². The van der Waals surface area contributed by atoms with Crippen LogP contribution in [0.3, 0.4) is 0 Å². The summed E-state index contributed by atoms with van der Waals surface area (Å²) in [6.07, 6.45) is 1.85. The predicted octanol–water partition coefficient (Wildman–Crippen LogP) is 2.85. The number of fused-ring (bicyclic) bond motifs is 1. The number of hydrogen-bond acceptors (Lipinski definition) is 5. The van der Waals surface area contributed by atoms with E-state index in [0.29, 0.717) is 5.82 Å². The summed E-state index contributed by atoms with van der Waals surface area (Å²) in [5.74, 6) is 0.659. The lowest BCUT2D eigenvalue weighted by molar-refractivity contribution is 0.308. The maximum absolute atomic E-state index is 6.29. The molecular formula is C26H19B3N2O3. The van der Waals surface area contributed by atoms with Crippen molar-refractivity contribution in [2.75, 3.05) is 0 Å². The molecule has 0 bridgehead atoms. The van der Waals surface area contributed by atoms with E-state index >= 15 is 0 Å². The molecule has 8 heteroatoms. The zero-order valence-electron chi connectivity index (χ0n) is 18.3. The van der Waals surface area contributed by atoms with E-state index in [-0.39, 0.29) is 0 Å². The van der Waals surface area contributed by atoms with Crippen molar-refractivity contribution in [3.63, 3.8) is 0 Å². The first kappa shape index (κ1) is 20.9. The predicted molar refractivity (Wildman–Crippen MR) is 137 cm³/mol. The molecule has 0 amide bonds. The van der Waals surface area contributed by atoms with Gasteiger partial charge in [0.15, 0.2) is 5.82 Å². The van der Waals surface area contributed by atoms with E-state index in [0.717, 1.165) is 32.9 Å². The van der Waals surface area contributed by atoms with Crippen LogP contribution in [0.5, 0.6) is 0 Å². The third-order valence-electron chi connectivity index (χ3n) is 5.79. The van der Waals surface area contributed by atoms with Crippen LogP contribution in [0, 0.1) is 0 Å². The van der Waals surface area contributed by atoms with Gasteiger partial charge < -0.3 is 13.7 Å². The molecule has 0 saturated carbocycles. The fourth-order valence-corrected chi connectivity index (χ4v) is 4.06. The molecule has 4 aromatic carbocycles. The van der Waals surface area contributed by atoms with Crippen molar-refractivity contribution in [3.05, 3.63) is 115 Å². The van der Waals surface area contributed by atoms with Gasteiger partial charge in [-0.3, -0.25) is 0 Å². The van der Waals surface area contributed by atoms with Gasteiger partial charge in [0.1, 0.15) is 0 Å². The van der Waals surface area contributed by atoms with E-state index in [2.05, 4.69) is 4.98 Å². The number of para-hydroxylation sites is 1. The largest absolute Gasteiger partial charge is 0.467 e. The zero-order valence-corrected chi connectivity index (χ0v) is 18.3. The summed E-state index contributed by atoms with van der Waals surface area (Å²) in [6, 6.07) is 35.8. The second-order valence-corrected chi connectivity index (χ2v) is 8.10. The normalized spacial score (nSPS) is 13.9. The van der Waals surface area contributed by atoms with Gasteiger partial charge in [-0.2, -0.15) is 0 Å². The molecule has 160 valence electrons. The van der Waals surface area contributed by atoms with Gasteiger partial charge in [-0.05, 0) is 22.5 Å². The summed E-state index contributed by atoms with van der Waals surface area (Å²) in [5.41, 5.74) is 4.55. The molecule has 1 aliphatic rings. The number of hydrogen-bond donors (Lipinski definition) is 0. The second-order valence-electron chi connectivity index (χ2n) is 8.10. The Morgan fingerprint density at radius 3 is 1.76 bits per heavy atom. The quantitative estimate of drug-likeness (QED) is 0.403. The third kappa shape index (κ3) is 4.27. The maximum Gasteiger partial charge on any atom is 0.467 e. The first-order valence-electron chi connectivity index (χ1n) is 11.2. The second kappa shape index (κ2) is 9.27. The highest BCUT2D eigenvalue weighted by atomic mass is 16.7. The molecule has 0 aliphatic carbocycles. The van der Waals surface area contributed by atoms with Crippen LogP contribution in [0.2, 0.25) is 0 Å². The average Bonchev–Trinajstić information content (AvgIpc) is 2.93. The van der Waals surface area contributed by atoms with Gasteiger partial charge >= 0.3 is 21.4 Å². The molecule has 0 atom stereocenters. The van der Waals surface area contributed by atoms with Crippen molar-refractivity contribution in [2.45, 2.75) is 0 Å². The van der Waals surface area contributed by atoms with Crippen LogP contribution in [0.1, 0.15) is 0 Å². The Labute approximate surface area is 199 Å². The first-order valence-corrected chi connectivity index (χ1v) is 11.2. The van der Waals surface area contributed by atoms with Gasteiger partial charge in [-0.25, -0.2) is 9.97 Å². The van der Waals surface area contributed by atoms with E-state index in [1.807, 2.05) is 115 Å². The van der Waals surface area contributed by atoms with Crippen molar-refractivity contribution in [2.24, 2.45) is 0 Å². The minimum Gasteiger partial charge on any atom is -0.445 e. The summed E-state index contributed by atoms with van der Waals surface area (Å²) < 4.78 is 18.8. The molecule has 1 aliphatic heterocycles. The summed E-state index contributed by atoms with van der Waals surface area (Å²) >= 11 is 0. The Balaban J connectivity index is 1.35. The molecule has 0 radical (unpaired) electrons. The van der Waals surface area contributed by atoms with Crippen LogP contribution in [0.15, 0.2) is 115 Å². The van der Waals surface area contributed by atoms with Crippen molar-refractivity contribution >= 4 is 48.6 Å². The molecule has 0 spiro atoms. The molecule has 5 aromatic rings. The van der Waals surface area contributed by atoms with E-state index in [1.54, 1.807) is 0 Å². The van der Waals surface area contributed by atoms with Crippen molar-refractivity contribution in [1.29, 1.82) is 0 Å². The lowest BCUT2D eigenvalue weighted by Gasteiger charge is -2.31. The summed E-state index contributed by atoms with van der Waals surface area (Å²) in [7, 11) is -1.75. The minimum atomic E-state index is -0.621. The molecule has 1 fully saturated rings. The van der Waals surface area contributed by atoms with Crippen LogP contribution >= 0.6 is 0 Å². The van der Waals surface area contributed by atoms with Crippen LogP contribution in [0.4, 0.5) is 0 Å². The fraction of sp³-hybridized carbons (Fsp3) is 0. The molecule has 34 heavy (non-hydrogen) atoms. The number of rotatable bonds is 4. The van der Waals surface area contributed by atoms with Gasteiger partial charge in [0.25, 0.3) is 0 Å². The van der Waals surface area contributed by atoms with Crippen LogP contribution < -0.4 is 16.4 Å². The monoisotopic (exact) mass is 440 g/mol. The van der Waals surface area contributed by atoms with Gasteiger partial charge in [0.2, 0.25) is 0 Å². The molecule has 0 N–H and O–H groups in total. The van der Waals surface area contributed by atoms with Crippen LogP contribution in [-0.4, -0.2) is 31.3 Å². The Bertz CT molecular complexity index is 1380. The summed E-state index contributed by atoms with van der Waals surface area (Å²) in [6.45, 7) is 0. The molecule has 1 aromatic heterocycles. The van der Waals surface area contributed by atoms with Crippen LogP contribution in [0.25, 0.3) is 22.3 Å². The van der Waals surface area contributed by atoms with E-state index in [9.17, 15) is 0 Å². The Morgan fingerprint density at radius 2 is 1.09 bits per heavy atom. The number of benzene rings is 4. The Hall–Kier alpha value is -3.71. The Kier molecular flexibility index (Phi) is 5.69. The lowest BCUT2D eigenvalue weighted by atomic mass is 9.61. The SMILES string of the molecule is c1ccc(B2OB(c3ccccc3)OB(c3cccc(-c4ncc5ccccc5n4)c3)O2)cc1. The highest BCUT2D eigenvalue weighted by Gasteiger charge is 2.43. The van der Waals surface area contributed by atoms with Gasteiger partial charge in [0, 0.05) is 17.1 Å². The molecule has 5 nitrogen and oxygen atoms in total. The topological polar surface area (TPSA) is 53.5 Å². The third-order valence-corrected chi connectivity index (χ3v) is 5.79. The molecule has 2 heterocycles. The standard InChI is InChI=1S/C26H19B3N2O3/c1-3-12-22(13-4-1)27-32-28(23-14-5-2-6-15-23)34-29(33-27)24-16-9-11-20(18-24)26-30-19-21-10-7-8-17-25(21)31-26/h1-19H. The molecular weight excluding hydrogens is 421 g/mol. The fourth-order valence-electron chi connectivity index (χ4n) is 4.06. The van der Waals surface area contributed by atoms with Crippen molar-refractivity contribution < 1.29 is 13.7 Å². The summed E-state index contributed by atoms with van der Waals surface area (Å²) in [4.78, 5) is 9.31. The van der Waals surface area contributed by atoms with Gasteiger partial charge in [0.05, 0.1) is 5.52 Å². The van der Waals surface area contributed by atoms with E-state index in [1.165, 1.54) is 0 Å². The zero-order chi connectivity index (χ0) is 22.7. The van der Waals surface area contributed by atoms with Gasteiger partial charge in [-0.1, -0.05) is 103 Å². The van der Waals surface area contributed by atoms with Gasteiger partial charge in [-0.15, -0.1) is 0 Å². The van der Waals surface area contributed by atoms with Crippen LogP contribution in [-0.2, 0) is 13.7 Å². The highest BCUT2D eigenvalue weighted by Crippen LogP contribution is 2.18. The lowest BCUT2D eigenvalue weighted by Crippen LogP contribution is -2.61. The van der Waals surface area contributed by atoms with Crippen molar-refractivity contribution in [3.8, 4) is 11.4 Å². The number of aromatic nitrogens is 2. The highest BCUT2D eigenvalue weighted by molar-refractivity contribution is 6.87. The molecule has 6 rings (SSSR count).